The first-order valence-electron chi connectivity index (χ1n) is 12.2. The first-order chi connectivity index (χ1) is 19.0. The van der Waals surface area contributed by atoms with Crippen LogP contribution in [0, 0.1) is 34.0 Å². The largest absolute Gasteiger partial charge is 0.383 e. The van der Waals surface area contributed by atoms with E-state index in [0.29, 0.717) is 32.8 Å². The highest BCUT2D eigenvalue weighted by Crippen LogP contribution is 2.42. The lowest BCUT2D eigenvalue weighted by molar-refractivity contribution is -0.115. The summed E-state index contributed by atoms with van der Waals surface area (Å²) in [5, 5.41) is 35.1. The maximum absolute atomic E-state index is 12.9. The number of nitriles is 3. The fraction of sp³-hybridized carbons (Fsp3) is 0.207. The minimum absolute atomic E-state index is 0.0588. The molecule has 3 heterocycles. The molecular formula is C29H22N6OS3. The molecule has 0 saturated heterocycles. The first kappa shape index (κ1) is 26.5. The predicted molar refractivity (Wildman–Crippen MR) is 156 cm³/mol. The van der Waals surface area contributed by atoms with Crippen molar-refractivity contribution in [3.63, 3.8) is 0 Å². The molecule has 0 spiro atoms. The van der Waals surface area contributed by atoms with Crippen LogP contribution in [0.4, 0.5) is 10.8 Å². The van der Waals surface area contributed by atoms with E-state index in [4.69, 9.17) is 5.73 Å². The molecule has 0 bridgehead atoms. The van der Waals surface area contributed by atoms with Crippen LogP contribution in [0.2, 0.25) is 0 Å². The Morgan fingerprint density at radius 2 is 1.85 bits per heavy atom. The summed E-state index contributed by atoms with van der Waals surface area (Å²) in [5.74, 6) is 0.607. The summed E-state index contributed by atoms with van der Waals surface area (Å²) in [6, 6.07) is 20.6. The topological polar surface area (TPSA) is 139 Å². The number of thioether (sulfide) groups is 1. The number of nitrogens with one attached hydrogen (secondary N) is 1. The van der Waals surface area contributed by atoms with E-state index < -0.39 is 0 Å². The van der Waals surface area contributed by atoms with Crippen LogP contribution in [0.3, 0.4) is 0 Å². The second-order valence-corrected chi connectivity index (χ2v) is 12.1. The fourth-order valence-corrected chi connectivity index (χ4v) is 7.81. The summed E-state index contributed by atoms with van der Waals surface area (Å²) in [7, 11) is 0. The van der Waals surface area contributed by atoms with E-state index >= 15 is 0 Å². The average molecular weight is 567 g/mol. The number of carbonyl (C=O) groups excluding carboxylic acids is 1. The Morgan fingerprint density at radius 3 is 2.54 bits per heavy atom. The van der Waals surface area contributed by atoms with Gasteiger partial charge in [0.05, 0.1) is 11.1 Å². The van der Waals surface area contributed by atoms with Crippen molar-refractivity contribution in [2.45, 2.75) is 36.6 Å². The molecule has 1 aliphatic carbocycles. The maximum atomic E-state index is 12.9. The Morgan fingerprint density at radius 1 is 1.08 bits per heavy atom. The van der Waals surface area contributed by atoms with Gasteiger partial charge in [-0.25, -0.2) is 4.98 Å². The second-order valence-electron chi connectivity index (χ2n) is 8.94. The van der Waals surface area contributed by atoms with Gasteiger partial charge in [0.1, 0.15) is 39.6 Å². The highest BCUT2D eigenvalue weighted by molar-refractivity contribution is 7.99. The zero-order chi connectivity index (χ0) is 27.4. The van der Waals surface area contributed by atoms with E-state index in [9.17, 15) is 20.6 Å². The molecule has 0 saturated carbocycles. The fourth-order valence-electron chi connectivity index (χ4n) is 4.80. The first-order valence-corrected chi connectivity index (χ1v) is 14.9. The molecule has 1 aromatic carbocycles. The quantitative estimate of drug-likeness (QED) is 0.245. The van der Waals surface area contributed by atoms with Crippen LogP contribution in [0.5, 0.6) is 0 Å². The van der Waals surface area contributed by atoms with Crippen LogP contribution < -0.4 is 11.1 Å². The van der Waals surface area contributed by atoms with Gasteiger partial charge in [-0.2, -0.15) is 15.8 Å². The predicted octanol–water partition coefficient (Wildman–Crippen LogP) is 6.46. The number of nitrogens with zero attached hydrogens (tertiary/aromatic N) is 4. The van der Waals surface area contributed by atoms with Crippen LogP contribution in [-0.4, -0.2) is 16.6 Å². The molecule has 0 aliphatic heterocycles. The van der Waals surface area contributed by atoms with Crippen molar-refractivity contribution in [2.24, 2.45) is 0 Å². The van der Waals surface area contributed by atoms with Gasteiger partial charge in [0.2, 0.25) is 5.91 Å². The van der Waals surface area contributed by atoms with Crippen LogP contribution in [0.25, 0.3) is 10.4 Å². The molecule has 192 valence electrons. The maximum Gasteiger partial charge on any atom is 0.225 e. The highest BCUT2D eigenvalue weighted by atomic mass is 32.2. The van der Waals surface area contributed by atoms with Crippen molar-refractivity contribution in [3.05, 3.63) is 80.5 Å². The Hall–Kier alpha value is -4.14. The van der Waals surface area contributed by atoms with Gasteiger partial charge in [-0.05, 0) is 47.8 Å². The molecule has 5 rings (SSSR count). The van der Waals surface area contributed by atoms with Crippen LogP contribution in [0.1, 0.15) is 51.5 Å². The second kappa shape index (κ2) is 11.7. The lowest BCUT2D eigenvalue weighted by atomic mass is 9.83. The van der Waals surface area contributed by atoms with E-state index in [0.717, 1.165) is 34.6 Å². The number of anilines is 2. The molecule has 0 fully saturated rings. The molecule has 0 radical (unpaired) electrons. The van der Waals surface area contributed by atoms with E-state index in [1.807, 2.05) is 35.7 Å². The Kier molecular flexibility index (Phi) is 7.95. The number of benzene rings is 1. The van der Waals surface area contributed by atoms with Gasteiger partial charge >= 0.3 is 0 Å². The van der Waals surface area contributed by atoms with E-state index in [2.05, 4.69) is 40.6 Å². The molecule has 1 atom stereocenters. The third-order valence-electron chi connectivity index (χ3n) is 6.65. The van der Waals surface area contributed by atoms with Crippen molar-refractivity contribution in [3.8, 4) is 28.6 Å². The summed E-state index contributed by atoms with van der Waals surface area (Å²) in [6.45, 7) is 0. The van der Waals surface area contributed by atoms with Gasteiger partial charge in [0.25, 0.3) is 0 Å². The molecule has 1 aliphatic rings. The zero-order valence-corrected chi connectivity index (χ0v) is 23.2. The summed E-state index contributed by atoms with van der Waals surface area (Å²) in [6.07, 6.45) is 2.81. The van der Waals surface area contributed by atoms with E-state index in [1.165, 1.54) is 40.0 Å². The SMILES string of the molecule is N#Cc1c(NC(=O)CCSc2nc(N)c(C#N)c(-c3cccs3)c2C#N)sc2c1CCC(c1ccccc1)C2. The van der Waals surface area contributed by atoms with Gasteiger partial charge in [0, 0.05) is 27.5 Å². The van der Waals surface area contributed by atoms with Crippen molar-refractivity contribution in [2.75, 3.05) is 16.8 Å². The van der Waals surface area contributed by atoms with Crippen molar-refractivity contribution in [1.82, 2.24) is 4.98 Å². The normalized spacial score (nSPS) is 14.0. The number of hydrogen-bond donors (Lipinski definition) is 2. The number of nitrogen functional groups attached to an aromatic ring is 1. The molecule has 1 amide bonds. The number of amides is 1. The third kappa shape index (κ3) is 5.39. The number of carbonyl (C=O) groups is 1. The molecule has 3 N–H and O–H groups in total. The van der Waals surface area contributed by atoms with Crippen LogP contribution in [0.15, 0.2) is 52.9 Å². The minimum atomic E-state index is -0.212. The molecule has 4 aromatic rings. The number of aromatic nitrogens is 1. The smallest absolute Gasteiger partial charge is 0.225 e. The van der Waals surface area contributed by atoms with Crippen molar-refractivity contribution >= 4 is 51.2 Å². The third-order valence-corrected chi connectivity index (χ3v) is 9.69. The molecule has 1 unspecified atom stereocenters. The number of thiophene rings is 2. The number of rotatable bonds is 7. The zero-order valence-electron chi connectivity index (χ0n) is 20.7. The summed E-state index contributed by atoms with van der Waals surface area (Å²) in [4.78, 5) is 19.1. The number of hydrogen-bond acceptors (Lipinski definition) is 9. The summed E-state index contributed by atoms with van der Waals surface area (Å²) >= 11 is 4.15. The molecule has 7 nitrogen and oxygen atoms in total. The lowest BCUT2D eigenvalue weighted by Crippen LogP contribution is -2.13. The van der Waals surface area contributed by atoms with Gasteiger partial charge in [-0.1, -0.05) is 36.4 Å². The molecule has 3 aromatic heterocycles. The number of pyridine rings is 1. The van der Waals surface area contributed by atoms with E-state index in [1.54, 1.807) is 0 Å². The van der Waals surface area contributed by atoms with Gasteiger partial charge in [-0.3, -0.25) is 4.79 Å². The number of fused-ring (bicyclic) bond motifs is 1. The Labute approximate surface area is 238 Å². The molecular weight excluding hydrogens is 545 g/mol. The highest BCUT2D eigenvalue weighted by Gasteiger charge is 2.27. The van der Waals surface area contributed by atoms with Gasteiger partial charge in [0.15, 0.2) is 0 Å². The van der Waals surface area contributed by atoms with Crippen molar-refractivity contribution in [1.29, 1.82) is 15.8 Å². The van der Waals surface area contributed by atoms with E-state index in [-0.39, 0.29) is 29.3 Å². The molecule has 39 heavy (non-hydrogen) atoms. The van der Waals surface area contributed by atoms with Crippen LogP contribution >= 0.6 is 34.4 Å². The average Bonchev–Trinajstić information content (AvgIpc) is 3.60. The Balaban J connectivity index is 1.28. The number of nitrogens with two attached hydrogens (primary N) is 1. The summed E-state index contributed by atoms with van der Waals surface area (Å²) in [5.41, 5.74) is 9.91. The van der Waals surface area contributed by atoms with Gasteiger partial charge in [-0.15, -0.1) is 34.4 Å². The lowest BCUT2D eigenvalue weighted by Gasteiger charge is -2.22. The van der Waals surface area contributed by atoms with Crippen LogP contribution in [-0.2, 0) is 17.6 Å². The van der Waals surface area contributed by atoms with Gasteiger partial charge < -0.3 is 11.1 Å². The minimum Gasteiger partial charge on any atom is -0.383 e. The monoisotopic (exact) mass is 566 g/mol. The Bertz CT molecular complexity index is 1660. The molecule has 10 heteroatoms. The summed E-state index contributed by atoms with van der Waals surface area (Å²) < 4.78 is 0. The standard InChI is InChI=1S/C29H22N6OS3/c30-14-20-19-9-8-18(17-5-2-1-3-6-17)13-24(19)39-29(20)34-25(36)10-12-38-28-22(16-32)26(23-7-4-11-37-23)21(15-31)27(33)35-28/h1-7,11,18H,8-10,12-13H2,(H2,33,35)(H,34,36). The van der Waals surface area contributed by atoms with Crippen molar-refractivity contribution < 1.29 is 4.79 Å².